The molecule has 4 rings (SSSR count). The average molecular weight is 406 g/mol. The van der Waals surface area contributed by atoms with E-state index in [1.165, 1.54) is 31.4 Å². The van der Waals surface area contributed by atoms with Gasteiger partial charge in [-0.05, 0) is 68.5 Å². The van der Waals surface area contributed by atoms with Crippen molar-refractivity contribution in [3.63, 3.8) is 0 Å². The van der Waals surface area contributed by atoms with Gasteiger partial charge in [0.1, 0.15) is 0 Å². The van der Waals surface area contributed by atoms with Crippen LogP contribution in [0.2, 0.25) is 0 Å². The predicted molar refractivity (Wildman–Crippen MR) is 119 cm³/mol. The lowest BCUT2D eigenvalue weighted by atomic mass is 10.0. The summed E-state index contributed by atoms with van der Waals surface area (Å²) in [5.74, 6) is 0.0545. The summed E-state index contributed by atoms with van der Waals surface area (Å²) in [4.78, 5) is 27.0. The second kappa shape index (κ2) is 9.43. The van der Waals surface area contributed by atoms with Crippen molar-refractivity contribution in [1.82, 2.24) is 10.2 Å². The van der Waals surface area contributed by atoms with E-state index in [1.807, 2.05) is 6.07 Å². The highest BCUT2D eigenvalue weighted by Crippen LogP contribution is 2.30. The maximum Gasteiger partial charge on any atom is 0.251 e. The molecule has 0 radical (unpaired) electrons. The fourth-order valence-electron chi connectivity index (χ4n) is 4.00. The summed E-state index contributed by atoms with van der Waals surface area (Å²) in [6, 6.07) is 16.3. The number of nitrogens with zero attached hydrogens (tertiary/aromatic N) is 1. The van der Waals surface area contributed by atoms with Crippen molar-refractivity contribution < 1.29 is 9.59 Å². The number of anilines is 1. The minimum absolute atomic E-state index is 0.0478. The average Bonchev–Trinajstić information content (AvgIpc) is 3.60. The molecule has 1 aliphatic carbocycles. The van der Waals surface area contributed by atoms with Crippen molar-refractivity contribution in [3.05, 3.63) is 65.2 Å². The molecule has 0 spiro atoms. The summed E-state index contributed by atoms with van der Waals surface area (Å²) in [6.45, 7) is 4.97. The molecule has 30 heavy (non-hydrogen) atoms. The minimum Gasteiger partial charge on any atom is -0.348 e. The van der Waals surface area contributed by atoms with Crippen molar-refractivity contribution in [2.24, 2.45) is 5.92 Å². The van der Waals surface area contributed by atoms with Gasteiger partial charge in [-0.2, -0.15) is 0 Å². The second-order valence-corrected chi connectivity index (χ2v) is 8.66. The third kappa shape index (κ3) is 5.48. The third-order valence-electron chi connectivity index (χ3n) is 6.14. The van der Waals surface area contributed by atoms with E-state index in [-0.39, 0.29) is 17.7 Å². The van der Waals surface area contributed by atoms with Crippen LogP contribution in [-0.2, 0) is 17.9 Å². The Morgan fingerprint density at radius 3 is 2.50 bits per heavy atom. The molecule has 0 bridgehead atoms. The second-order valence-electron chi connectivity index (χ2n) is 8.66. The van der Waals surface area contributed by atoms with E-state index in [1.54, 1.807) is 18.2 Å². The van der Waals surface area contributed by atoms with Crippen LogP contribution < -0.4 is 10.6 Å². The van der Waals surface area contributed by atoms with Crippen LogP contribution in [0.5, 0.6) is 0 Å². The van der Waals surface area contributed by atoms with Gasteiger partial charge in [0.05, 0.1) is 0 Å². The Labute approximate surface area is 178 Å². The van der Waals surface area contributed by atoms with E-state index >= 15 is 0 Å². The van der Waals surface area contributed by atoms with Crippen LogP contribution in [0, 0.1) is 5.92 Å². The lowest BCUT2D eigenvalue weighted by Gasteiger charge is -2.33. The normalized spacial score (nSPS) is 19.3. The number of carbonyl (C=O) groups is 2. The summed E-state index contributed by atoms with van der Waals surface area (Å²) in [6.07, 6.45) is 5.84. The van der Waals surface area contributed by atoms with E-state index in [0.29, 0.717) is 23.8 Å². The van der Waals surface area contributed by atoms with Crippen LogP contribution in [-0.4, -0.2) is 29.3 Å². The van der Waals surface area contributed by atoms with Gasteiger partial charge in [-0.25, -0.2) is 0 Å². The highest BCUT2D eigenvalue weighted by Gasteiger charge is 2.29. The predicted octanol–water partition coefficient (Wildman–Crippen LogP) is 4.34. The summed E-state index contributed by atoms with van der Waals surface area (Å²) < 4.78 is 0. The molecule has 5 heteroatoms. The number of benzene rings is 2. The highest BCUT2D eigenvalue weighted by atomic mass is 16.2. The van der Waals surface area contributed by atoms with Crippen molar-refractivity contribution in [1.29, 1.82) is 0 Å². The molecule has 5 nitrogen and oxygen atoms in total. The topological polar surface area (TPSA) is 61.4 Å². The molecule has 1 unspecified atom stereocenters. The number of likely N-dealkylation sites (tertiary alicyclic amines) is 1. The maximum atomic E-state index is 12.5. The number of carbonyl (C=O) groups excluding carboxylic acids is 2. The zero-order valence-corrected chi connectivity index (χ0v) is 17.7. The third-order valence-corrected chi connectivity index (χ3v) is 6.14. The first-order chi connectivity index (χ1) is 14.6. The first kappa shape index (κ1) is 20.6. The number of amides is 2. The SMILES string of the molecule is CC1CCCCN1Cc1ccc(CNC(=O)c2cccc(NC(=O)C3CC3)c2)cc1. The molecule has 1 saturated heterocycles. The minimum atomic E-state index is -0.135. The molecule has 2 amide bonds. The van der Waals surface area contributed by atoms with Gasteiger partial charge in [-0.15, -0.1) is 0 Å². The molecule has 1 saturated carbocycles. The molecule has 2 aliphatic rings. The Hall–Kier alpha value is -2.66. The Bertz CT molecular complexity index is 890. The molecule has 2 fully saturated rings. The van der Waals surface area contributed by atoms with Crippen LogP contribution in [0.1, 0.15) is 60.5 Å². The standard InChI is InChI=1S/C25H31N3O2/c1-18-5-2-3-14-28(18)17-20-10-8-19(9-11-20)16-26-24(29)22-6-4-7-23(15-22)27-25(30)21-12-13-21/h4,6-11,15,18,21H,2-3,5,12-14,16-17H2,1H3,(H,26,29)(H,27,30). The van der Waals surface area contributed by atoms with Crippen LogP contribution in [0.25, 0.3) is 0 Å². The van der Waals surface area contributed by atoms with E-state index in [2.05, 4.69) is 46.7 Å². The van der Waals surface area contributed by atoms with Gasteiger partial charge in [0.25, 0.3) is 5.91 Å². The number of nitrogens with one attached hydrogen (secondary N) is 2. The molecule has 2 aromatic carbocycles. The van der Waals surface area contributed by atoms with Crippen molar-refractivity contribution in [2.45, 2.75) is 58.2 Å². The largest absolute Gasteiger partial charge is 0.348 e. The molecule has 2 aromatic rings. The number of hydrogen-bond donors (Lipinski definition) is 2. The summed E-state index contributed by atoms with van der Waals surface area (Å²) >= 11 is 0. The van der Waals surface area contributed by atoms with Crippen LogP contribution in [0.3, 0.4) is 0 Å². The zero-order chi connectivity index (χ0) is 20.9. The lowest BCUT2D eigenvalue weighted by molar-refractivity contribution is -0.117. The van der Waals surface area contributed by atoms with E-state index in [9.17, 15) is 9.59 Å². The molecular weight excluding hydrogens is 374 g/mol. The molecule has 1 atom stereocenters. The monoisotopic (exact) mass is 405 g/mol. The van der Waals surface area contributed by atoms with Crippen molar-refractivity contribution in [3.8, 4) is 0 Å². The van der Waals surface area contributed by atoms with E-state index < -0.39 is 0 Å². The number of hydrogen-bond acceptors (Lipinski definition) is 3. The smallest absolute Gasteiger partial charge is 0.251 e. The maximum absolute atomic E-state index is 12.5. The first-order valence-electron chi connectivity index (χ1n) is 11.1. The Balaban J connectivity index is 1.28. The van der Waals surface area contributed by atoms with Crippen LogP contribution >= 0.6 is 0 Å². The summed E-state index contributed by atoms with van der Waals surface area (Å²) in [5.41, 5.74) is 3.63. The van der Waals surface area contributed by atoms with E-state index in [4.69, 9.17) is 0 Å². The van der Waals surface area contributed by atoms with Gasteiger partial charge in [0.15, 0.2) is 0 Å². The Morgan fingerprint density at radius 1 is 1.00 bits per heavy atom. The first-order valence-corrected chi connectivity index (χ1v) is 11.1. The molecule has 1 aliphatic heterocycles. The molecule has 1 heterocycles. The molecule has 2 N–H and O–H groups in total. The van der Waals surface area contributed by atoms with Gasteiger partial charge >= 0.3 is 0 Å². The van der Waals surface area contributed by atoms with Crippen molar-refractivity contribution >= 4 is 17.5 Å². The molecule has 0 aromatic heterocycles. The van der Waals surface area contributed by atoms with Gasteiger partial charge < -0.3 is 10.6 Å². The Kier molecular flexibility index (Phi) is 6.48. The quantitative estimate of drug-likeness (QED) is 0.720. The number of rotatable bonds is 7. The van der Waals surface area contributed by atoms with E-state index in [0.717, 1.165) is 24.9 Å². The fourth-order valence-corrected chi connectivity index (χ4v) is 4.00. The van der Waals surface area contributed by atoms with Crippen LogP contribution in [0.15, 0.2) is 48.5 Å². The van der Waals surface area contributed by atoms with Gasteiger partial charge in [0.2, 0.25) is 5.91 Å². The highest BCUT2D eigenvalue weighted by molar-refractivity contribution is 5.98. The number of piperidine rings is 1. The fraction of sp³-hybridized carbons (Fsp3) is 0.440. The van der Waals surface area contributed by atoms with Crippen LogP contribution in [0.4, 0.5) is 5.69 Å². The van der Waals surface area contributed by atoms with Crippen molar-refractivity contribution in [2.75, 3.05) is 11.9 Å². The lowest BCUT2D eigenvalue weighted by Crippen LogP contribution is -2.36. The Morgan fingerprint density at radius 2 is 1.77 bits per heavy atom. The van der Waals surface area contributed by atoms with Gasteiger partial charge in [-0.3, -0.25) is 14.5 Å². The molecular formula is C25H31N3O2. The van der Waals surface area contributed by atoms with Gasteiger partial charge in [0, 0.05) is 36.3 Å². The molecule has 158 valence electrons. The van der Waals surface area contributed by atoms with Gasteiger partial charge in [-0.1, -0.05) is 36.8 Å². The zero-order valence-electron chi connectivity index (χ0n) is 17.7. The summed E-state index contributed by atoms with van der Waals surface area (Å²) in [5, 5.41) is 5.87. The summed E-state index contributed by atoms with van der Waals surface area (Å²) in [7, 11) is 0.